The molecule has 3 rings (SSSR count). The molecule has 0 saturated heterocycles. The lowest BCUT2D eigenvalue weighted by Gasteiger charge is -2.16. The highest BCUT2D eigenvalue weighted by Gasteiger charge is 2.15. The molecular weight excluding hydrogens is 294 g/mol. The van der Waals surface area contributed by atoms with Crippen LogP contribution in [0.3, 0.4) is 0 Å². The third-order valence-electron chi connectivity index (χ3n) is 3.61. The van der Waals surface area contributed by atoms with Gasteiger partial charge in [-0.1, -0.05) is 31.1 Å². The van der Waals surface area contributed by atoms with Gasteiger partial charge in [-0.15, -0.1) is 0 Å². The van der Waals surface area contributed by atoms with Gasteiger partial charge in [-0.2, -0.15) is 5.10 Å². The minimum atomic E-state index is -0.221. The van der Waals surface area contributed by atoms with Crippen LogP contribution >= 0.6 is 0 Å². The van der Waals surface area contributed by atoms with Gasteiger partial charge >= 0.3 is 6.03 Å². The number of hydrogen-bond donors (Lipinski definition) is 2. The highest BCUT2D eigenvalue weighted by Crippen LogP contribution is 2.21. The Balaban J connectivity index is 1.68. The van der Waals surface area contributed by atoms with Gasteiger partial charge in [-0.3, -0.25) is 5.10 Å². The molecule has 7 heteroatoms. The van der Waals surface area contributed by atoms with Gasteiger partial charge in [0.2, 0.25) is 0 Å². The van der Waals surface area contributed by atoms with Crippen molar-refractivity contribution < 1.29 is 9.32 Å². The number of rotatable bonds is 4. The van der Waals surface area contributed by atoms with Crippen LogP contribution < -0.4 is 5.32 Å². The molecular formula is C16H19N5O2. The third kappa shape index (κ3) is 3.18. The number of nitrogens with zero attached hydrogens (tertiary/aromatic N) is 3. The molecule has 1 aromatic carbocycles. The second kappa shape index (κ2) is 6.12. The second-order valence-electron chi connectivity index (χ2n) is 5.80. The molecule has 0 atom stereocenters. The Bertz CT molecular complexity index is 821. The van der Waals surface area contributed by atoms with Crippen LogP contribution in [0, 0.1) is 0 Å². The molecule has 2 N–H and O–H groups in total. The van der Waals surface area contributed by atoms with E-state index in [-0.39, 0.29) is 11.9 Å². The van der Waals surface area contributed by atoms with Crippen molar-refractivity contribution in [1.82, 2.24) is 20.3 Å². The molecule has 2 amide bonds. The molecule has 0 spiro atoms. The summed E-state index contributed by atoms with van der Waals surface area (Å²) in [6, 6.07) is 7.30. The van der Waals surface area contributed by atoms with E-state index in [2.05, 4.69) is 20.7 Å². The molecule has 3 aromatic rings. The summed E-state index contributed by atoms with van der Waals surface area (Å²) in [7, 11) is 1.71. The Morgan fingerprint density at radius 3 is 3.00 bits per heavy atom. The largest absolute Gasteiger partial charge is 0.361 e. The number of nitrogens with one attached hydrogen (secondary N) is 2. The number of carbonyl (C=O) groups excluding carboxylic acids is 1. The zero-order valence-corrected chi connectivity index (χ0v) is 13.3. The van der Waals surface area contributed by atoms with E-state index in [0.29, 0.717) is 12.2 Å². The van der Waals surface area contributed by atoms with E-state index in [0.717, 1.165) is 22.4 Å². The molecule has 0 aliphatic heterocycles. The lowest BCUT2D eigenvalue weighted by Crippen LogP contribution is -2.31. The number of aromatic nitrogens is 3. The number of urea groups is 1. The van der Waals surface area contributed by atoms with Crippen LogP contribution in [-0.4, -0.2) is 33.3 Å². The van der Waals surface area contributed by atoms with Gasteiger partial charge in [-0.05, 0) is 6.07 Å². The molecule has 0 aliphatic rings. The number of para-hydroxylation sites is 1. The zero-order chi connectivity index (χ0) is 16.4. The highest BCUT2D eigenvalue weighted by atomic mass is 16.5. The minimum Gasteiger partial charge on any atom is -0.361 e. The van der Waals surface area contributed by atoms with Crippen LogP contribution in [0.15, 0.2) is 35.0 Å². The van der Waals surface area contributed by atoms with Crippen molar-refractivity contribution in [2.24, 2.45) is 0 Å². The summed E-state index contributed by atoms with van der Waals surface area (Å²) in [6.07, 6.45) is 1.72. The minimum absolute atomic E-state index is 0.221. The van der Waals surface area contributed by atoms with E-state index < -0.39 is 0 Å². The molecule has 0 fully saturated rings. The Morgan fingerprint density at radius 2 is 2.26 bits per heavy atom. The molecule has 23 heavy (non-hydrogen) atoms. The average Bonchev–Trinajstić information content (AvgIpc) is 3.16. The predicted octanol–water partition coefficient (Wildman–Crippen LogP) is 3.34. The molecule has 120 valence electrons. The van der Waals surface area contributed by atoms with E-state index in [1.165, 1.54) is 0 Å². The van der Waals surface area contributed by atoms with Crippen molar-refractivity contribution in [3.8, 4) is 0 Å². The molecule has 0 aliphatic carbocycles. The van der Waals surface area contributed by atoms with Gasteiger partial charge in [0.15, 0.2) is 0 Å². The van der Waals surface area contributed by atoms with Gasteiger partial charge in [0.1, 0.15) is 11.5 Å². The van der Waals surface area contributed by atoms with E-state index in [1.54, 1.807) is 18.1 Å². The topological polar surface area (TPSA) is 87.0 Å². The third-order valence-corrected chi connectivity index (χ3v) is 3.61. The summed E-state index contributed by atoms with van der Waals surface area (Å²) < 4.78 is 5.25. The van der Waals surface area contributed by atoms with E-state index in [9.17, 15) is 4.79 Å². The maximum Gasteiger partial charge on any atom is 0.322 e. The highest BCUT2D eigenvalue weighted by molar-refractivity contribution is 5.99. The van der Waals surface area contributed by atoms with Gasteiger partial charge in [0, 0.05) is 24.4 Å². The van der Waals surface area contributed by atoms with Crippen LogP contribution in [0.25, 0.3) is 10.9 Å². The first kappa shape index (κ1) is 15.1. The molecule has 2 aromatic heterocycles. The van der Waals surface area contributed by atoms with Crippen LogP contribution in [0.4, 0.5) is 10.5 Å². The van der Waals surface area contributed by atoms with Crippen LogP contribution in [0.1, 0.15) is 31.2 Å². The Hall–Kier alpha value is -2.83. The Kier molecular flexibility index (Phi) is 4.01. The van der Waals surface area contributed by atoms with E-state index >= 15 is 0 Å². The van der Waals surface area contributed by atoms with Crippen molar-refractivity contribution >= 4 is 22.6 Å². The lowest BCUT2D eigenvalue weighted by atomic mass is 10.1. The fourth-order valence-electron chi connectivity index (χ4n) is 2.27. The van der Waals surface area contributed by atoms with Crippen molar-refractivity contribution in [2.45, 2.75) is 26.3 Å². The fourth-order valence-corrected chi connectivity index (χ4v) is 2.27. The maximum absolute atomic E-state index is 12.3. The average molecular weight is 313 g/mol. The summed E-state index contributed by atoms with van der Waals surface area (Å²) in [6.45, 7) is 4.44. The van der Waals surface area contributed by atoms with Crippen LogP contribution in [0.2, 0.25) is 0 Å². The number of aromatic amines is 1. The smallest absolute Gasteiger partial charge is 0.322 e. The first-order valence-electron chi connectivity index (χ1n) is 7.44. The Morgan fingerprint density at radius 1 is 1.43 bits per heavy atom. The fraction of sp³-hybridized carbons (Fsp3) is 0.312. The summed E-state index contributed by atoms with van der Waals surface area (Å²) in [5.74, 6) is 1.09. The quantitative estimate of drug-likeness (QED) is 0.773. The SMILES string of the molecule is CC(C)c1cc(CN(C)C(=O)Nc2cccc3cn[nH]c23)no1. The number of carbonyl (C=O) groups is 1. The van der Waals surface area contributed by atoms with Crippen LogP contribution in [-0.2, 0) is 6.54 Å². The normalized spacial score (nSPS) is 11.1. The number of fused-ring (bicyclic) bond motifs is 1. The summed E-state index contributed by atoms with van der Waals surface area (Å²) in [5, 5.41) is 14.7. The van der Waals surface area contributed by atoms with Gasteiger partial charge in [0.05, 0.1) is 23.9 Å². The van der Waals surface area contributed by atoms with Gasteiger partial charge < -0.3 is 14.7 Å². The predicted molar refractivity (Wildman–Crippen MR) is 87.2 cm³/mol. The summed E-state index contributed by atoms with van der Waals surface area (Å²) >= 11 is 0. The van der Waals surface area contributed by atoms with Gasteiger partial charge in [0.25, 0.3) is 0 Å². The molecule has 2 heterocycles. The number of hydrogen-bond acceptors (Lipinski definition) is 4. The second-order valence-corrected chi connectivity index (χ2v) is 5.80. The van der Waals surface area contributed by atoms with Crippen molar-refractivity contribution in [2.75, 3.05) is 12.4 Å². The number of amides is 2. The Labute approximate surface area is 133 Å². The molecule has 7 nitrogen and oxygen atoms in total. The maximum atomic E-state index is 12.3. The summed E-state index contributed by atoms with van der Waals surface area (Å²) in [5.41, 5.74) is 2.23. The number of benzene rings is 1. The van der Waals surface area contributed by atoms with Crippen LogP contribution in [0.5, 0.6) is 0 Å². The lowest BCUT2D eigenvalue weighted by molar-refractivity contribution is 0.219. The van der Waals surface area contributed by atoms with E-state index in [4.69, 9.17) is 4.52 Å². The molecule has 0 saturated carbocycles. The van der Waals surface area contributed by atoms with E-state index in [1.807, 2.05) is 38.1 Å². The van der Waals surface area contributed by atoms with Gasteiger partial charge in [-0.25, -0.2) is 4.79 Å². The molecule has 0 bridgehead atoms. The first-order valence-corrected chi connectivity index (χ1v) is 7.44. The number of H-pyrrole nitrogens is 1. The monoisotopic (exact) mass is 313 g/mol. The van der Waals surface area contributed by atoms with Crippen molar-refractivity contribution in [3.05, 3.63) is 41.9 Å². The van der Waals surface area contributed by atoms with Crippen molar-refractivity contribution in [1.29, 1.82) is 0 Å². The zero-order valence-electron chi connectivity index (χ0n) is 13.3. The summed E-state index contributed by atoms with van der Waals surface area (Å²) in [4.78, 5) is 13.9. The molecule has 0 unspecified atom stereocenters. The number of anilines is 1. The molecule has 0 radical (unpaired) electrons. The van der Waals surface area contributed by atoms with Crippen molar-refractivity contribution in [3.63, 3.8) is 0 Å². The first-order chi connectivity index (χ1) is 11.0. The standard InChI is InChI=1S/C16H19N5O2/c1-10(2)14-7-12(20-23-14)9-21(3)16(22)18-13-6-4-5-11-8-17-19-15(11)13/h4-8,10H,9H2,1-3H3,(H,17,19)(H,18,22).